The van der Waals surface area contributed by atoms with Gasteiger partial charge in [0.25, 0.3) is 0 Å². The SMILES string of the molecule is CNC(CCN(C)C)c1c(F)ccc(Br)c1F. The minimum atomic E-state index is -0.525. The lowest BCUT2D eigenvalue weighted by Crippen LogP contribution is -2.24. The molecule has 17 heavy (non-hydrogen) atoms. The molecule has 0 saturated heterocycles. The molecular weight excluding hydrogens is 290 g/mol. The van der Waals surface area contributed by atoms with Crippen molar-refractivity contribution < 1.29 is 8.78 Å². The smallest absolute Gasteiger partial charge is 0.145 e. The van der Waals surface area contributed by atoms with Gasteiger partial charge in [0.2, 0.25) is 0 Å². The maximum absolute atomic E-state index is 13.9. The maximum Gasteiger partial charge on any atom is 0.145 e. The first kappa shape index (κ1) is 14.5. The van der Waals surface area contributed by atoms with E-state index < -0.39 is 11.6 Å². The van der Waals surface area contributed by atoms with E-state index in [1.807, 2.05) is 19.0 Å². The molecule has 1 N–H and O–H groups in total. The molecule has 0 aliphatic heterocycles. The van der Waals surface area contributed by atoms with E-state index in [0.29, 0.717) is 10.9 Å². The van der Waals surface area contributed by atoms with Crippen molar-refractivity contribution in [3.63, 3.8) is 0 Å². The van der Waals surface area contributed by atoms with Gasteiger partial charge in [0.15, 0.2) is 0 Å². The second kappa shape index (κ2) is 6.42. The average Bonchev–Trinajstić information content (AvgIpc) is 2.28. The van der Waals surface area contributed by atoms with Crippen molar-refractivity contribution in [1.29, 1.82) is 0 Å². The van der Waals surface area contributed by atoms with Crippen molar-refractivity contribution >= 4 is 15.9 Å². The van der Waals surface area contributed by atoms with Gasteiger partial charge in [-0.1, -0.05) is 0 Å². The minimum Gasteiger partial charge on any atom is -0.313 e. The van der Waals surface area contributed by atoms with Gasteiger partial charge in [0, 0.05) is 11.6 Å². The van der Waals surface area contributed by atoms with Crippen LogP contribution in [0.5, 0.6) is 0 Å². The van der Waals surface area contributed by atoms with Crippen molar-refractivity contribution in [2.45, 2.75) is 12.5 Å². The van der Waals surface area contributed by atoms with Crippen molar-refractivity contribution in [2.24, 2.45) is 0 Å². The number of hydrogen-bond acceptors (Lipinski definition) is 2. The predicted octanol–water partition coefficient (Wildman–Crippen LogP) is 2.94. The molecule has 0 heterocycles. The molecule has 1 unspecified atom stereocenters. The topological polar surface area (TPSA) is 15.3 Å². The summed E-state index contributed by atoms with van der Waals surface area (Å²) in [7, 11) is 5.57. The molecule has 0 spiro atoms. The van der Waals surface area contributed by atoms with Gasteiger partial charge in [0.1, 0.15) is 11.6 Å². The summed E-state index contributed by atoms with van der Waals surface area (Å²) in [5.74, 6) is -1.04. The molecule has 2 nitrogen and oxygen atoms in total. The largest absolute Gasteiger partial charge is 0.313 e. The Hall–Kier alpha value is -0.520. The lowest BCUT2D eigenvalue weighted by Gasteiger charge is -2.20. The highest BCUT2D eigenvalue weighted by atomic mass is 79.9. The first-order valence-corrected chi connectivity index (χ1v) is 6.22. The third-order valence-corrected chi connectivity index (χ3v) is 3.25. The standard InChI is InChI=1S/C12H17BrF2N2/c1-16-10(6-7-17(2)3)11-9(14)5-4-8(13)12(11)15/h4-5,10,16H,6-7H2,1-3H3. The number of hydrogen-bond donors (Lipinski definition) is 1. The Bertz CT molecular complexity index is 383. The number of halogens is 3. The van der Waals surface area contributed by atoms with Crippen molar-refractivity contribution in [2.75, 3.05) is 27.7 Å². The first-order valence-electron chi connectivity index (χ1n) is 5.42. The number of benzene rings is 1. The normalized spacial score (nSPS) is 13.1. The molecule has 1 aromatic carbocycles. The van der Waals surface area contributed by atoms with Gasteiger partial charge < -0.3 is 10.2 Å². The molecule has 0 saturated carbocycles. The molecule has 1 aromatic rings. The Morgan fingerprint density at radius 2 is 2.00 bits per heavy atom. The predicted molar refractivity (Wildman–Crippen MR) is 69.0 cm³/mol. The zero-order valence-electron chi connectivity index (χ0n) is 10.2. The van der Waals surface area contributed by atoms with Crippen LogP contribution in [0, 0.1) is 11.6 Å². The second-order valence-corrected chi connectivity index (χ2v) is 5.04. The fourth-order valence-corrected chi connectivity index (χ4v) is 2.03. The molecule has 0 radical (unpaired) electrons. The maximum atomic E-state index is 13.9. The number of nitrogens with one attached hydrogen (secondary N) is 1. The molecule has 1 atom stereocenters. The van der Waals surface area contributed by atoms with E-state index >= 15 is 0 Å². The molecule has 0 aliphatic rings. The molecule has 5 heteroatoms. The van der Waals surface area contributed by atoms with Gasteiger partial charge in [0.05, 0.1) is 4.47 Å². The fraction of sp³-hybridized carbons (Fsp3) is 0.500. The summed E-state index contributed by atoms with van der Waals surface area (Å²) in [5, 5.41) is 2.96. The monoisotopic (exact) mass is 306 g/mol. The Morgan fingerprint density at radius 3 is 2.53 bits per heavy atom. The minimum absolute atomic E-state index is 0.101. The summed E-state index contributed by atoms with van der Waals surface area (Å²) in [4.78, 5) is 1.98. The Morgan fingerprint density at radius 1 is 1.35 bits per heavy atom. The van der Waals surface area contributed by atoms with E-state index in [-0.39, 0.29) is 11.6 Å². The summed E-state index contributed by atoms with van der Waals surface area (Å²) in [5.41, 5.74) is 0.101. The molecule has 0 amide bonds. The summed E-state index contributed by atoms with van der Waals surface area (Å²) >= 11 is 3.08. The number of rotatable bonds is 5. The molecule has 1 rings (SSSR count). The summed E-state index contributed by atoms with van der Waals surface area (Å²) in [6.07, 6.45) is 0.647. The lowest BCUT2D eigenvalue weighted by molar-refractivity contribution is 0.359. The quantitative estimate of drug-likeness (QED) is 0.842. The van der Waals surface area contributed by atoms with Crippen LogP contribution >= 0.6 is 15.9 Å². The summed E-state index contributed by atoms with van der Waals surface area (Å²) in [6, 6.07) is 2.34. The molecule has 0 bridgehead atoms. The van der Waals surface area contributed by atoms with Gasteiger partial charge >= 0.3 is 0 Å². The highest BCUT2D eigenvalue weighted by molar-refractivity contribution is 9.10. The zero-order chi connectivity index (χ0) is 13.0. The van der Waals surface area contributed by atoms with Gasteiger partial charge in [-0.15, -0.1) is 0 Å². The highest BCUT2D eigenvalue weighted by Crippen LogP contribution is 2.28. The highest BCUT2D eigenvalue weighted by Gasteiger charge is 2.20. The third kappa shape index (κ3) is 3.72. The Balaban J connectivity index is 2.98. The van der Waals surface area contributed by atoms with Crippen LogP contribution in [0.4, 0.5) is 8.78 Å². The van der Waals surface area contributed by atoms with Crippen LogP contribution in [0.2, 0.25) is 0 Å². The van der Waals surface area contributed by atoms with Gasteiger partial charge in [-0.2, -0.15) is 0 Å². The van der Waals surface area contributed by atoms with Crippen LogP contribution in [0.3, 0.4) is 0 Å². The molecule has 0 fully saturated rings. The second-order valence-electron chi connectivity index (χ2n) is 4.19. The van der Waals surface area contributed by atoms with E-state index in [0.717, 1.165) is 6.54 Å². The van der Waals surface area contributed by atoms with E-state index in [1.54, 1.807) is 7.05 Å². The van der Waals surface area contributed by atoms with E-state index in [2.05, 4.69) is 21.2 Å². The van der Waals surface area contributed by atoms with Crippen LogP contribution in [-0.2, 0) is 0 Å². The van der Waals surface area contributed by atoms with Crippen LogP contribution in [-0.4, -0.2) is 32.6 Å². The van der Waals surface area contributed by atoms with E-state index in [4.69, 9.17) is 0 Å². The van der Waals surface area contributed by atoms with E-state index in [9.17, 15) is 8.78 Å². The van der Waals surface area contributed by atoms with Gasteiger partial charge in [-0.25, -0.2) is 8.78 Å². The lowest BCUT2D eigenvalue weighted by atomic mass is 10.0. The average molecular weight is 307 g/mol. The molecule has 0 aromatic heterocycles. The number of nitrogens with zero attached hydrogens (tertiary/aromatic N) is 1. The van der Waals surface area contributed by atoms with Gasteiger partial charge in [-0.05, 0) is 62.2 Å². The summed E-state index contributed by atoms with van der Waals surface area (Å²) < 4.78 is 27.9. The van der Waals surface area contributed by atoms with Crippen molar-refractivity contribution in [1.82, 2.24) is 10.2 Å². The zero-order valence-corrected chi connectivity index (χ0v) is 11.8. The van der Waals surface area contributed by atoms with Crippen LogP contribution in [0.25, 0.3) is 0 Å². The fourth-order valence-electron chi connectivity index (χ4n) is 1.68. The molecular formula is C12H17BrF2N2. The molecule has 96 valence electrons. The van der Waals surface area contributed by atoms with E-state index in [1.165, 1.54) is 12.1 Å². The Kier molecular flexibility index (Phi) is 5.49. The van der Waals surface area contributed by atoms with Gasteiger partial charge in [-0.3, -0.25) is 0 Å². The van der Waals surface area contributed by atoms with Crippen LogP contribution in [0.1, 0.15) is 18.0 Å². The first-order chi connectivity index (χ1) is 7.97. The van der Waals surface area contributed by atoms with Crippen LogP contribution in [0.15, 0.2) is 16.6 Å². The Labute approximate surface area is 109 Å². The van der Waals surface area contributed by atoms with Crippen molar-refractivity contribution in [3.05, 3.63) is 33.8 Å². The van der Waals surface area contributed by atoms with Crippen LogP contribution < -0.4 is 5.32 Å². The summed E-state index contributed by atoms with van der Waals surface area (Å²) in [6.45, 7) is 0.761. The van der Waals surface area contributed by atoms with Crippen molar-refractivity contribution in [3.8, 4) is 0 Å². The molecule has 0 aliphatic carbocycles. The third-order valence-electron chi connectivity index (χ3n) is 2.64.